The van der Waals surface area contributed by atoms with Crippen LogP contribution in [-0.2, 0) is 7.05 Å². The van der Waals surface area contributed by atoms with Crippen LogP contribution in [0.25, 0.3) is 0 Å². The van der Waals surface area contributed by atoms with Crippen LogP contribution in [0.2, 0.25) is 0 Å². The summed E-state index contributed by atoms with van der Waals surface area (Å²) in [5.74, 6) is 0.641. The van der Waals surface area contributed by atoms with Gasteiger partial charge in [0.05, 0.1) is 6.10 Å². The van der Waals surface area contributed by atoms with Crippen molar-refractivity contribution in [2.45, 2.75) is 57.6 Å². The molecule has 1 aromatic heterocycles. The summed E-state index contributed by atoms with van der Waals surface area (Å²) >= 11 is 0. The Morgan fingerprint density at radius 3 is 2.46 bits per heavy atom. The number of aliphatic hydroxyl groups excluding tert-OH is 1. The van der Waals surface area contributed by atoms with Gasteiger partial charge < -0.3 is 20.3 Å². The first kappa shape index (κ1) is 19.1. The number of aromatic nitrogens is 1. The van der Waals surface area contributed by atoms with E-state index in [1.807, 2.05) is 19.9 Å². The summed E-state index contributed by atoms with van der Waals surface area (Å²) in [5, 5.41) is 16.2. The molecular weight excluding hydrogens is 330 g/mol. The van der Waals surface area contributed by atoms with Gasteiger partial charge in [0.1, 0.15) is 5.56 Å². The van der Waals surface area contributed by atoms with Crippen molar-refractivity contribution < 1.29 is 9.90 Å². The molecule has 1 saturated carbocycles. The number of pyridine rings is 1. The molecule has 6 nitrogen and oxygen atoms in total. The highest BCUT2D eigenvalue weighted by molar-refractivity contribution is 5.94. The second-order valence-electron chi connectivity index (χ2n) is 8.16. The van der Waals surface area contributed by atoms with E-state index in [-0.39, 0.29) is 35.1 Å². The van der Waals surface area contributed by atoms with Gasteiger partial charge in [0, 0.05) is 18.8 Å². The van der Waals surface area contributed by atoms with Crippen molar-refractivity contribution in [2.24, 2.45) is 18.9 Å². The molecule has 6 heteroatoms. The average Bonchev–Trinajstić information content (AvgIpc) is 2.59. The first-order chi connectivity index (χ1) is 12.4. The molecule has 2 heterocycles. The third kappa shape index (κ3) is 3.86. The Morgan fingerprint density at radius 2 is 1.88 bits per heavy atom. The molecule has 3 N–H and O–H groups in total. The molecule has 0 aromatic carbocycles. The molecule has 1 aliphatic heterocycles. The quantitative estimate of drug-likeness (QED) is 0.740. The lowest BCUT2D eigenvalue weighted by atomic mass is 9.71. The van der Waals surface area contributed by atoms with Crippen LogP contribution in [0.15, 0.2) is 16.9 Å². The fraction of sp³-hybridized carbons (Fsp3) is 0.700. The van der Waals surface area contributed by atoms with Crippen molar-refractivity contribution in [3.8, 4) is 0 Å². The highest BCUT2D eigenvalue weighted by Gasteiger charge is 2.39. The lowest BCUT2D eigenvalue weighted by molar-refractivity contribution is 0.00916. The molecule has 1 aliphatic carbocycles. The zero-order valence-corrected chi connectivity index (χ0v) is 16.0. The minimum absolute atomic E-state index is 0.0301. The van der Waals surface area contributed by atoms with Crippen molar-refractivity contribution in [3.63, 3.8) is 0 Å². The van der Waals surface area contributed by atoms with Crippen molar-refractivity contribution in [2.75, 3.05) is 13.1 Å². The van der Waals surface area contributed by atoms with Crippen LogP contribution in [0.4, 0.5) is 0 Å². The van der Waals surface area contributed by atoms with E-state index < -0.39 is 0 Å². The predicted octanol–water partition coefficient (Wildman–Crippen LogP) is 1.38. The molecule has 1 saturated heterocycles. The standard InChI is InChI=1S/C20H31N3O3/c1-12(2)17-5-4-16(20(26)23(17)3)19(25)22-18(14-10-15(24)11-14)13-6-8-21-9-7-13/h4-5,12-15,18,21,24H,6-11H2,1-3H3,(H,22,25). The molecule has 2 aliphatic rings. The zero-order valence-electron chi connectivity index (χ0n) is 16.0. The Bertz CT molecular complexity index is 701. The van der Waals surface area contributed by atoms with Crippen molar-refractivity contribution in [1.29, 1.82) is 0 Å². The summed E-state index contributed by atoms with van der Waals surface area (Å²) in [6.07, 6.45) is 3.25. The Hall–Kier alpha value is -1.66. The minimum atomic E-state index is -0.286. The monoisotopic (exact) mass is 361 g/mol. The van der Waals surface area contributed by atoms with E-state index in [4.69, 9.17) is 0 Å². The van der Waals surface area contributed by atoms with Gasteiger partial charge in [-0.25, -0.2) is 0 Å². The minimum Gasteiger partial charge on any atom is -0.393 e. The van der Waals surface area contributed by atoms with E-state index in [2.05, 4.69) is 10.6 Å². The molecule has 1 unspecified atom stereocenters. The van der Waals surface area contributed by atoms with E-state index in [9.17, 15) is 14.7 Å². The third-order valence-corrected chi connectivity index (χ3v) is 6.03. The van der Waals surface area contributed by atoms with Crippen molar-refractivity contribution in [1.82, 2.24) is 15.2 Å². The van der Waals surface area contributed by atoms with Gasteiger partial charge in [0.15, 0.2) is 0 Å². The van der Waals surface area contributed by atoms with Crippen molar-refractivity contribution >= 4 is 5.91 Å². The normalized spacial score (nSPS) is 25.0. The van der Waals surface area contributed by atoms with Crippen LogP contribution in [0.5, 0.6) is 0 Å². The van der Waals surface area contributed by atoms with E-state index in [0.29, 0.717) is 11.8 Å². The largest absolute Gasteiger partial charge is 0.393 e. The summed E-state index contributed by atoms with van der Waals surface area (Å²) in [4.78, 5) is 25.5. The lowest BCUT2D eigenvalue weighted by Gasteiger charge is -2.43. The fourth-order valence-corrected chi connectivity index (χ4v) is 4.38. The number of aliphatic hydroxyl groups is 1. The molecule has 3 rings (SSSR count). The van der Waals surface area contributed by atoms with Gasteiger partial charge in [-0.15, -0.1) is 0 Å². The van der Waals surface area contributed by atoms with Crippen LogP contribution in [0.3, 0.4) is 0 Å². The molecule has 0 spiro atoms. The van der Waals surface area contributed by atoms with Crippen molar-refractivity contribution in [3.05, 3.63) is 33.7 Å². The summed E-state index contributed by atoms with van der Waals surface area (Å²) in [6.45, 7) is 5.97. The maximum Gasteiger partial charge on any atom is 0.263 e. The van der Waals surface area contributed by atoms with E-state index in [1.54, 1.807) is 17.7 Å². The van der Waals surface area contributed by atoms with Crippen LogP contribution in [-0.4, -0.2) is 40.8 Å². The molecule has 0 bridgehead atoms. The lowest BCUT2D eigenvalue weighted by Crippen LogP contribution is -2.53. The van der Waals surface area contributed by atoms with E-state index in [1.165, 1.54) is 0 Å². The zero-order chi connectivity index (χ0) is 18.8. The Balaban J connectivity index is 1.79. The number of rotatable bonds is 5. The number of nitrogens with zero attached hydrogens (tertiary/aromatic N) is 1. The highest BCUT2D eigenvalue weighted by atomic mass is 16.3. The molecular formula is C20H31N3O3. The molecule has 144 valence electrons. The van der Waals surface area contributed by atoms with Gasteiger partial charge in [-0.2, -0.15) is 0 Å². The average molecular weight is 361 g/mol. The maximum absolute atomic E-state index is 12.9. The number of amides is 1. The first-order valence-electron chi connectivity index (χ1n) is 9.78. The van der Waals surface area contributed by atoms with Crippen LogP contribution < -0.4 is 16.2 Å². The predicted molar refractivity (Wildman–Crippen MR) is 101 cm³/mol. The number of carbonyl (C=O) groups excluding carboxylic acids is 1. The molecule has 1 amide bonds. The molecule has 26 heavy (non-hydrogen) atoms. The van der Waals surface area contributed by atoms with Gasteiger partial charge in [-0.1, -0.05) is 13.8 Å². The molecule has 1 aromatic rings. The van der Waals surface area contributed by atoms with Crippen LogP contribution in [0.1, 0.15) is 61.5 Å². The summed E-state index contributed by atoms with van der Waals surface area (Å²) in [5.41, 5.74) is 0.880. The van der Waals surface area contributed by atoms with Gasteiger partial charge in [0.2, 0.25) is 0 Å². The smallest absolute Gasteiger partial charge is 0.263 e. The maximum atomic E-state index is 12.9. The third-order valence-electron chi connectivity index (χ3n) is 6.03. The number of nitrogens with one attached hydrogen (secondary N) is 2. The SMILES string of the molecule is CC(C)c1ccc(C(=O)NC(C2CCNCC2)C2CC(O)C2)c(=O)n1C. The molecule has 1 atom stereocenters. The fourth-order valence-electron chi connectivity index (χ4n) is 4.38. The number of hydrogen-bond donors (Lipinski definition) is 3. The van der Waals surface area contributed by atoms with Gasteiger partial charge in [0.25, 0.3) is 11.5 Å². The first-order valence-corrected chi connectivity index (χ1v) is 9.78. The molecule has 0 radical (unpaired) electrons. The Kier molecular flexibility index (Phi) is 5.82. The van der Waals surface area contributed by atoms with Crippen LogP contribution >= 0.6 is 0 Å². The summed E-state index contributed by atoms with van der Waals surface area (Å²) < 4.78 is 1.58. The Morgan fingerprint density at radius 1 is 1.23 bits per heavy atom. The van der Waals surface area contributed by atoms with Crippen LogP contribution in [0, 0.1) is 11.8 Å². The van der Waals surface area contributed by atoms with E-state index in [0.717, 1.165) is 44.5 Å². The number of carbonyl (C=O) groups is 1. The summed E-state index contributed by atoms with van der Waals surface area (Å²) in [6, 6.07) is 3.55. The highest BCUT2D eigenvalue weighted by Crippen LogP contribution is 2.35. The number of piperidine rings is 1. The second kappa shape index (κ2) is 7.92. The van der Waals surface area contributed by atoms with Gasteiger partial charge in [-0.3, -0.25) is 9.59 Å². The summed E-state index contributed by atoms with van der Waals surface area (Å²) in [7, 11) is 1.72. The van der Waals surface area contributed by atoms with E-state index >= 15 is 0 Å². The van der Waals surface area contributed by atoms with Gasteiger partial charge in [-0.05, 0) is 68.7 Å². The topological polar surface area (TPSA) is 83.4 Å². The van der Waals surface area contributed by atoms with Gasteiger partial charge >= 0.3 is 0 Å². The second-order valence-corrected chi connectivity index (χ2v) is 8.16. The number of hydrogen-bond acceptors (Lipinski definition) is 4. The Labute approximate surface area is 155 Å². The molecule has 2 fully saturated rings.